The Balaban J connectivity index is 1.45. The van der Waals surface area contributed by atoms with Gasteiger partial charge in [-0.1, -0.05) is 12.1 Å². The lowest BCUT2D eigenvalue weighted by atomic mass is 10.2. The number of H-pyrrole nitrogens is 1. The van der Waals surface area contributed by atoms with Gasteiger partial charge in [-0.2, -0.15) is 5.10 Å². The third-order valence-electron chi connectivity index (χ3n) is 4.63. The maximum Gasteiger partial charge on any atom is 0.267 e. The Bertz CT molecular complexity index is 1100. The van der Waals surface area contributed by atoms with Gasteiger partial charge in [0.1, 0.15) is 6.04 Å². The molecule has 1 fully saturated rings. The quantitative estimate of drug-likeness (QED) is 0.567. The summed E-state index contributed by atoms with van der Waals surface area (Å²) in [6, 6.07) is 12.4. The molecule has 0 bridgehead atoms. The van der Waals surface area contributed by atoms with E-state index in [0.29, 0.717) is 25.0 Å². The number of benzene rings is 1. The molecule has 2 atom stereocenters. The van der Waals surface area contributed by atoms with Crippen LogP contribution < -0.4 is 10.9 Å². The number of nitrogens with zero attached hydrogens (tertiary/aromatic N) is 5. The Labute approximate surface area is 153 Å². The van der Waals surface area contributed by atoms with Crippen LogP contribution >= 0.6 is 0 Å². The number of anilines is 1. The van der Waals surface area contributed by atoms with Crippen LogP contribution in [0.4, 0.5) is 5.95 Å². The SMILES string of the molecule is O=c1ccc(-n2cccn2)nn1C1COCC1Nc1nc2ccccc2[nH]1. The highest BCUT2D eigenvalue weighted by Gasteiger charge is 2.32. The number of ether oxygens (including phenoxy) is 1. The summed E-state index contributed by atoms with van der Waals surface area (Å²) in [4.78, 5) is 20.2. The number of fused-ring (bicyclic) bond motifs is 1. The first-order valence-electron chi connectivity index (χ1n) is 8.67. The molecule has 1 aliphatic heterocycles. The zero-order valence-electron chi connectivity index (χ0n) is 14.3. The Morgan fingerprint density at radius 3 is 2.93 bits per heavy atom. The van der Waals surface area contributed by atoms with Gasteiger partial charge in [0.05, 0.1) is 30.3 Å². The number of aromatic amines is 1. The van der Waals surface area contributed by atoms with Gasteiger partial charge >= 0.3 is 0 Å². The lowest BCUT2D eigenvalue weighted by Crippen LogP contribution is -2.37. The molecular weight excluding hydrogens is 346 g/mol. The summed E-state index contributed by atoms with van der Waals surface area (Å²) < 4.78 is 8.71. The Morgan fingerprint density at radius 1 is 1.15 bits per heavy atom. The molecule has 1 aliphatic rings. The molecule has 3 aromatic heterocycles. The third kappa shape index (κ3) is 2.87. The topological polar surface area (TPSA) is 103 Å². The van der Waals surface area contributed by atoms with Gasteiger partial charge in [-0.25, -0.2) is 14.3 Å². The van der Waals surface area contributed by atoms with Gasteiger partial charge in [0.15, 0.2) is 5.82 Å². The summed E-state index contributed by atoms with van der Waals surface area (Å²) >= 11 is 0. The van der Waals surface area contributed by atoms with Crippen LogP contribution in [-0.4, -0.2) is 48.8 Å². The standard InChI is InChI=1S/C18H17N7O2/c26-17-7-6-16(24-9-3-8-19-24)23-25(17)15-11-27-10-14(15)22-18-20-12-4-1-2-5-13(12)21-18/h1-9,14-15H,10-11H2,(H2,20,21,22). The maximum absolute atomic E-state index is 12.4. The fourth-order valence-corrected chi connectivity index (χ4v) is 3.30. The van der Waals surface area contributed by atoms with Crippen LogP contribution in [0.25, 0.3) is 16.9 Å². The zero-order valence-corrected chi connectivity index (χ0v) is 14.3. The summed E-state index contributed by atoms with van der Waals surface area (Å²) in [7, 11) is 0. The van der Waals surface area contributed by atoms with Crippen molar-refractivity contribution in [3.8, 4) is 5.82 Å². The number of imidazole rings is 1. The summed E-state index contributed by atoms with van der Waals surface area (Å²) in [6.45, 7) is 0.856. The number of nitrogens with one attached hydrogen (secondary N) is 2. The van der Waals surface area contributed by atoms with Crippen LogP contribution in [-0.2, 0) is 4.74 Å². The van der Waals surface area contributed by atoms with Gasteiger partial charge in [0, 0.05) is 18.5 Å². The molecule has 0 aliphatic carbocycles. The number of hydrogen-bond acceptors (Lipinski definition) is 6. The van der Waals surface area contributed by atoms with Crippen LogP contribution in [0, 0.1) is 0 Å². The highest BCUT2D eigenvalue weighted by Crippen LogP contribution is 2.22. The Hall–Kier alpha value is -3.46. The first-order chi connectivity index (χ1) is 13.3. The van der Waals surface area contributed by atoms with E-state index in [2.05, 4.69) is 25.5 Å². The van der Waals surface area contributed by atoms with Crippen LogP contribution in [0.5, 0.6) is 0 Å². The average molecular weight is 363 g/mol. The van der Waals surface area contributed by atoms with Crippen molar-refractivity contribution in [2.75, 3.05) is 18.5 Å². The molecule has 9 nitrogen and oxygen atoms in total. The minimum absolute atomic E-state index is 0.136. The van der Waals surface area contributed by atoms with Crippen molar-refractivity contribution in [1.29, 1.82) is 0 Å². The monoisotopic (exact) mass is 363 g/mol. The average Bonchev–Trinajstić information content (AvgIpc) is 3.43. The lowest BCUT2D eigenvalue weighted by Gasteiger charge is -2.20. The fraction of sp³-hybridized carbons (Fsp3) is 0.222. The molecule has 27 heavy (non-hydrogen) atoms. The Morgan fingerprint density at radius 2 is 2.07 bits per heavy atom. The summed E-state index contributed by atoms with van der Waals surface area (Å²) in [5.41, 5.74) is 1.65. The maximum atomic E-state index is 12.4. The van der Waals surface area contributed by atoms with Crippen LogP contribution in [0.2, 0.25) is 0 Å². The molecule has 4 aromatic rings. The predicted molar refractivity (Wildman–Crippen MR) is 99.0 cm³/mol. The first kappa shape index (κ1) is 15.8. The minimum atomic E-state index is -0.249. The highest BCUT2D eigenvalue weighted by atomic mass is 16.5. The van der Waals surface area contributed by atoms with Crippen LogP contribution in [0.1, 0.15) is 6.04 Å². The van der Waals surface area contributed by atoms with Gasteiger partial charge < -0.3 is 15.0 Å². The van der Waals surface area contributed by atoms with Crippen LogP contribution in [0.15, 0.2) is 59.7 Å². The van der Waals surface area contributed by atoms with Gasteiger partial charge in [-0.3, -0.25) is 4.79 Å². The molecule has 2 N–H and O–H groups in total. The van der Waals surface area contributed by atoms with Crippen molar-refractivity contribution >= 4 is 17.0 Å². The normalized spacial score (nSPS) is 19.6. The van der Waals surface area contributed by atoms with Crippen molar-refractivity contribution < 1.29 is 4.74 Å². The molecule has 0 amide bonds. The molecule has 136 valence electrons. The van der Waals surface area contributed by atoms with Crippen molar-refractivity contribution in [2.45, 2.75) is 12.1 Å². The van der Waals surface area contributed by atoms with E-state index in [1.165, 1.54) is 10.7 Å². The molecule has 5 rings (SSSR count). The molecule has 2 unspecified atom stereocenters. The summed E-state index contributed by atoms with van der Waals surface area (Å²) in [6.07, 6.45) is 3.45. The van der Waals surface area contributed by atoms with E-state index in [9.17, 15) is 4.79 Å². The van der Waals surface area contributed by atoms with E-state index in [1.807, 2.05) is 30.3 Å². The van der Waals surface area contributed by atoms with Crippen molar-refractivity contribution in [3.05, 3.63) is 65.2 Å². The lowest BCUT2D eigenvalue weighted by molar-refractivity contribution is 0.182. The molecule has 0 spiro atoms. The van der Waals surface area contributed by atoms with Gasteiger partial charge in [0.25, 0.3) is 5.56 Å². The van der Waals surface area contributed by atoms with Crippen LogP contribution in [0.3, 0.4) is 0 Å². The second kappa shape index (κ2) is 6.36. The minimum Gasteiger partial charge on any atom is -0.377 e. The van der Waals surface area contributed by atoms with E-state index >= 15 is 0 Å². The first-order valence-corrected chi connectivity index (χ1v) is 8.67. The van der Waals surface area contributed by atoms with Gasteiger partial charge in [0.2, 0.25) is 5.95 Å². The third-order valence-corrected chi connectivity index (χ3v) is 4.63. The van der Waals surface area contributed by atoms with E-state index in [0.717, 1.165) is 11.0 Å². The number of rotatable bonds is 4. The highest BCUT2D eigenvalue weighted by molar-refractivity contribution is 5.77. The molecule has 0 radical (unpaired) electrons. The predicted octanol–water partition coefficient (Wildman–Crippen LogP) is 1.36. The number of hydrogen-bond donors (Lipinski definition) is 2. The van der Waals surface area contributed by atoms with E-state index in [4.69, 9.17) is 4.74 Å². The second-order valence-corrected chi connectivity index (χ2v) is 6.38. The number of para-hydroxylation sites is 2. The summed E-state index contributed by atoms with van der Waals surface area (Å²) in [5.74, 6) is 1.22. The fourth-order valence-electron chi connectivity index (χ4n) is 3.30. The molecule has 1 saturated heterocycles. The molecular formula is C18H17N7O2. The van der Waals surface area contributed by atoms with Crippen molar-refractivity contribution in [3.63, 3.8) is 0 Å². The largest absolute Gasteiger partial charge is 0.377 e. The van der Waals surface area contributed by atoms with Gasteiger partial charge in [-0.15, -0.1) is 5.10 Å². The van der Waals surface area contributed by atoms with Gasteiger partial charge in [-0.05, 0) is 24.3 Å². The molecule has 9 heteroatoms. The zero-order chi connectivity index (χ0) is 18.2. The smallest absolute Gasteiger partial charge is 0.267 e. The Kier molecular flexibility index (Phi) is 3.72. The second-order valence-electron chi connectivity index (χ2n) is 6.38. The molecule has 0 saturated carbocycles. The van der Waals surface area contributed by atoms with E-state index in [-0.39, 0.29) is 17.6 Å². The molecule has 1 aromatic carbocycles. The van der Waals surface area contributed by atoms with Crippen molar-refractivity contribution in [2.24, 2.45) is 0 Å². The van der Waals surface area contributed by atoms with E-state index < -0.39 is 0 Å². The summed E-state index contributed by atoms with van der Waals surface area (Å²) in [5, 5.41) is 12.0. The van der Waals surface area contributed by atoms with Crippen molar-refractivity contribution in [1.82, 2.24) is 29.5 Å². The molecule has 4 heterocycles. The number of aromatic nitrogens is 6. The van der Waals surface area contributed by atoms with E-state index in [1.54, 1.807) is 23.1 Å².